The van der Waals surface area contributed by atoms with Crippen LogP contribution < -0.4 is 15.4 Å². The minimum atomic E-state index is -0.162. The number of hydrogen-bond donors (Lipinski definition) is 2. The molecule has 2 amide bonds. The van der Waals surface area contributed by atoms with Gasteiger partial charge in [-0.05, 0) is 37.0 Å². The molecule has 0 saturated heterocycles. The Hall–Kier alpha value is -1.42. The van der Waals surface area contributed by atoms with Crippen LogP contribution in [0.4, 0.5) is 4.79 Å². The summed E-state index contributed by atoms with van der Waals surface area (Å²) in [6.45, 7) is 7.74. The molecule has 0 unspecified atom stereocenters. The fourth-order valence-electron chi connectivity index (χ4n) is 1.58. The molecule has 0 aromatic heterocycles. The number of urea groups is 1. The van der Waals surface area contributed by atoms with Crippen LogP contribution >= 0.6 is 11.6 Å². The summed E-state index contributed by atoms with van der Waals surface area (Å²) in [5, 5.41) is 6.12. The largest absolute Gasteiger partial charge is 0.490 e. The molecule has 0 spiro atoms. The monoisotopic (exact) mass is 298 g/mol. The van der Waals surface area contributed by atoms with E-state index in [1.807, 2.05) is 19.1 Å². The number of aryl methyl sites for hydroxylation is 1. The van der Waals surface area contributed by atoms with E-state index in [1.54, 1.807) is 6.07 Å². The molecule has 0 fully saturated rings. The Morgan fingerprint density at radius 3 is 2.70 bits per heavy atom. The zero-order valence-corrected chi connectivity index (χ0v) is 13.1. The second kappa shape index (κ2) is 8.69. The fourth-order valence-corrected chi connectivity index (χ4v) is 1.76. The van der Waals surface area contributed by atoms with Gasteiger partial charge in [0.1, 0.15) is 12.4 Å². The Balaban J connectivity index is 2.18. The third kappa shape index (κ3) is 6.66. The number of benzene rings is 1. The smallest absolute Gasteiger partial charge is 0.314 e. The summed E-state index contributed by atoms with van der Waals surface area (Å²) in [5.41, 5.74) is 1.09. The molecule has 0 aliphatic heterocycles. The van der Waals surface area contributed by atoms with E-state index >= 15 is 0 Å². The molecule has 112 valence electrons. The number of hydrogen-bond acceptors (Lipinski definition) is 2. The molecule has 5 heteroatoms. The summed E-state index contributed by atoms with van der Waals surface area (Å²) in [6.07, 6.45) is 0.975. The van der Waals surface area contributed by atoms with E-state index in [0.717, 1.165) is 12.0 Å². The van der Waals surface area contributed by atoms with Crippen LogP contribution in [0.3, 0.4) is 0 Å². The zero-order valence-electron chi connectivity index (χ0n) is 12.3. The summed E-state index contributed by atoms with van der Waals surface area (Å²) in [4.78, 5) is 11.5. The Morgan fingerprint density at radius 2 is 2.00 bits per heavy atom. The maximum absolute atomic E-state index is 11.5. The van der Waals surface area contributed by atoms with Crippen molar-refractivity contribution in [2.45, 2.75) is 27.2 Å². The predicted octanol–water partition coefficient (Wildman–Crippen LogP) is 3.37. The van der Waals surface area contributed by atoms with E-state index in [2.05, 4.69) is 24.5 Å². The topological polar surface area (TPSA) is 50.4 Å². The van der Waals surface area contributed by atoms with Crippen LogP contribution in [0.2, 0.25) is 5.02 Å². The highest BCUT2D eigenvalue weighted by molar-refractivity contribution is 6.32. The Bertz CT molecular complexity index is 436. The SMILES string of the molecule is Cc1ccc(Cl)c(OCCNC(=O)NCCC(C)C)c1. The first-order chi connectivity index (χ1) is 9.49. The predicted molar refractivity (Wildman–Crippen MR) is 82.5 cm³/mol. The molecular weight excluding hydrogens is 276 g/mol. The molecule has 2 N–H and O–H groups in total. The highest BCUT2D eigenvalue weighted by Crippen LogP contribution is 2.24. The average Bonchev–Trinajstić information content (AvgIpc) is 2.38. The van der Waals surface area contributed by atoms with E-state index in [0.29, 0.717) is 36.4 Å². The molecule has 0 heterocycles. The first-order valence-corrected chi connectivity index (χ1v) is 7.27. The summed E-state index contributed by atoms with van der Waals surface area (Å²) in [7, 11) is 0. The van der Waals surface area contributed by atoms with Gasteiger partial charge in [0.25, 0.3) is 0 Å². The quantitative estimate of drug-likeness (QED) is 0.758. The van der Waals surface area contributed by atoms with Gasteiger partial charge in [-0.1, -0.05) is 31.5 Å². The normalized spacial score (nSPS) is 10.4. The standard InChI is InChI=1S/C15H23ClN2O2/c1-11(2)6-7-17-15(19)18-8-9-20-14-10-12(3)4-5-13(14)16/h4-5,10-11H,6-9H2,1-3H3,(H2,17,18,19). The van der Waals surface area contributed by atoms with E-state index in [9.17, 15) is 4.79 Å². The number of carbonyl (C=O) groups is 1. The minimum Gasteiger partial charge on any atom is -0.490 e. The summed E-state index contributed by atoms with van der Waals surface area (Å²) in [5.74, 6) is 1.23. The van der Waals surface area contributed by atoms with Gasteiger partial charge in [0.15, 0.2) is 0 Å². The lowest BCUT2D eigenvalue weighted by Gasteiger charge is -2.11. The summed E-state index contributed by atoms with van der Waals surface area (Å²) >= 11 is 6.01. The maximum atomic E-state index is 11.5. The summed E-state index contributed by atoms with van der Waals surface area (Å²) < 4.78 is 5.54. The van der Waals surface area contributed by atoms with E-state index in [4.69, 9.17) is 16.3 Å². The lowest BCUT2D eigenvalue weighted by Crippen LogP contribution is -2.38. The van der Waals surface area contributed by atoms with Crippen molar-refractivity contribution in [3.8, 4) is 5.75 Å². The second-order valence-corrected chi connectivity index (χ2v) is 5.55. The Kier molecular flexibility index (Phi) is 7.23. The molecule has 0 atom stereocenters. The zero-order chi connectivity index (χ0) is 15.0. The first-order valence-electron chi connectivity index (χ1n) is 6.89. The molecule has 1 aromatic rings. The number of rotatable bonds is 7. The van der Waals surface area contributed by atoms with Crippen LogP contribution in [0.25, 0.3) is 0 Å². The van der Waals surface area contributed by atoms with Crippen LogP contribution in [0.5, 0.6) is 5.75 Å². The van der Waals surface area contributed by atoms with Gasteiger partial charge in [0, 0.05) is 6.54 Å². The lowest BCUT2D eigenvalue weighted by atomic mass is 10.1. The molecule has 0 aliphatic rings. The first kappa shape index (κ1) is 16.6. The van der Waals surface area contributed by atoms with Gasteiger partial charge in [-0.2, -0.15) is 0 Å². The molecular formula is C15H23ClN2O2. The minimum absolute atomic E-state index is 0.162. The molecule has 1 rings (SSSR count). The van der Waals surface area contributed by atoms with Gasteiger partial charge in [0.05, 0.1) is 11.6 Å². The van der Waals surface area contributed by atoms with Crippen LogP contribution in [0, 0.1) is 12.8 Å². The van der Waals surface area contributed by atoms with Gasteiger partial charge in [-0.25, -0.2) is 4.79 Å². The molecule has 0 bridgehead atoms. The van der Waals surface area contributed by atoms with Crippen molar-refractivity contribution in [2.24, 2.45) is 5.92 Å². The Morgan fingerprint density at radius 1 is 1.30 bits per heavy atom. The fraction of sp³-hybridized carbons (Fsp3) is 0.533. The van der Waals surface area contributed by atoms with Crippen molar-refractivity contribution < 1.29 is 9.53 Å². The second-order valence-electron chi connectivity index (χ2n) is 5.15. The van der Waals surface area contributed by atoms with Crippen molar-refractivity contribution in [1.29, 1.82) is 0 Å². The highest BCUT2D eigenvalue weighted by Gasteiger charge is 2.03. The number of carbonyl (C=O) groups excluding carboxylic acids is 1. The number of ether oxygens (including phenoxy) is 1. The van der Waals surface area contributed by atoms with Gasteiger partial charge in [-0.15, -0.1) is 0 Å². The summed E-state index contributed by atoms with van der Waals surface area (Å²) in [6, 6.07) is 5.45. The van der Waals surface area contributed by atoms with Gasteiger partial charge in [0.2, 0.25) is 0 Å². The lowest BCUT2D eigenvalue weighted by molar-refractivity contribution is 0.236. The van der Waals surface area contributed by atoms with Crippen LogP contribution in [-0.4, -0.2) is 25.7 Å². The van der Waals surface area contributed by atoms with Gasteiger partial charge in [-0.3, -0.25) is 0 Å². The number of halogens is 1. The highest BCUT2D eigenvalue weighted by atomic mass is 35.5. The van der Waals surface area contributed by atoms with E-state index < -0.39 is 0 Å². The Labute approximate surface area is 125 Å². The van der Waals surface area contributed by atoms with E-state index in [-0.39, 0.29) is 6.03 Å². The average molecular weight is 299 g/mol. The molecule has 0 aliphatic carbocycles. The third-order valence-corrected chi connectivity index (χ3v) is 3.05. The van der Waals surface area contributed by atoms with Gasteiger partial charge < -0.3 is 15.4 Å². The third-order valence-electron chi connectivity index (χ3n) is 2.74. The van der Waals surface area contributed by atoms with Crippen LogP contribution in [-0.2, 0) is 0 Å². The maximum Gasteiger partial charge on any atom is 0.314 e. The number of amides is 2. The van der Waals surface area contributed by atoms with Crippen molar-refractivity contribution in [2.75, 3.05) is 19.7 Å². The molecule has 1 aromatic carbocycles. The van der Waals surface area contributed by atoms with Crippen molar-refractivity contribution in [1.82, 2.24) is 10.6 Å². The molecule has 20 heavy (non-hydrogen) atoms. The van der Waals surface area contributed by atoms with E-state index in [1.165, 1.54) is 0 Å². The number of nitrogens with one attached hydrogen (secondary N) is 2. The molecule has 0 saturated carbocycles. The molecule has 4 nitrogen and oxygen atoms in total. The van der Waals surface area contributed by atoms with Gasteiger partial charge >= 0.3 is 6.03 Å². The van der Waals surface area contributed by atoms with Crippen molar-refractivity contribution in [3.63, 3.8) is 0 Å². The van der Waals surface area contributed by atoms with Crippen molar-refractivity contribution in [3.05, 3.63) is 28.8 Å². The van der Waals surface area contributed by atoms with Crippen LogP contribution in [0.1, 0.15) is 25.8 Å². The van der Waals surface area contributed by atoms with Crippen molar-refractivity contribution >= 4 is 17.6 Å². The molecule has 0 radical (unpaired) electrons. The van der Waals surface area contributed by atoms with Crippen LogP contribution in [0.15, 0.2) is 18.2 Å².